The summed E-state index contributed by atoms with van der Waals surface area (Å²) in [5.41, 5.74) is 16.0. The first-order valence-corrected chi connectivity index (χ1v) is 20.2. The van der Waals surface area contributed by atoms with Gasteiger partial charge in [0.05, 0.1) is 39.0 Å². The molecule has 0 aliphatic heterocycles. The molecule has 0 unspecified atom stereocenters. The fourth-order valence-corrected chi connectivity index (χ4v) is 9.73. The summed E-state index contributed by atoms with van der Waals surface area (Å²) < 4.78 is 0. The Bertz CT molecular complexity index is 3390. The smallest absolute Gasteiger partial charge is 0.0972 e. The maximum atomic E-state index is 5.43. The van der Waals surface area contributed by atoms with Gasteiger partial charge in [-0.05, 0) is 68.4 Å². The van der Waals surface area contributed by atoms with E-state index in [1.807, 2.05) is 6.07 Å². The average Bonchev–Trinajstić information content (AvgIpc) is 3.63. The van der Waals surface area contributed by atoms with Crippen LogP contribution in [-0.4, -0.2) is 15.0 Å². The Balaban J connectivity index is 1.00. The van der Waals surface area contributed by atoms with Gasteiger partial charge >= 0.3 is 0 Å². The molecule has 8 aromatic carbocycles. The van der Waals surface area contributed by atoms with Crippen LogP contribution in [0.15, 0.2) is 212 Å². The number of rotatable bonds is 5. The quantitative estimate of drug-likeness (QED) is 0.165. The van der Waals surface area contributed by atoms with E-state index in [4.69, 9.17) is 15.0 Å². The largest absolute Gasteiger partial charge is 0.248 e. The van der Waals surface area contributed by atoms with Crippen molar-refractivity contribution in [2.75, 3.05) is 0 Å². The predicted octanol–water partition coefficient (Wildman–Crippen LogP) is 13.8. The predicted molar refractivity (Wildman–Crippen MR) is 243 cm³/mol. The summed E-state index contributed by atoms with van der Waals surface area (Å²) >= 11 is 0. The lowest BCUT2D eigenvalue weighted by Gasteiger charge is -2.33. The highest BCUT2D eigenvalue weighted by molar-refractivity contribution is 6.08. The third kappa shape index (κ3) is 5.05. The Labute approximate surface area is 342 Å². The van der Waals surface area contributed by atoms with Gasteiger partial charge in [-0.1, -0.05) is 188 Å². The molecular formula is C56H35N3. The van der Waals surface area contributed by atoms with Crippen molar-refractivity contribution in [1.82, 2.24) is 15.0 Å². The highest BCUT2D eigenvalue weighted by Crippen LogP contribution is 2.57. The van der Waals surface area contributed by atoms with Crippen molar-refractivity contribution >= 4 is 43.5 Å². The number of hydrogen-bond donors (Lipinski definition) is 0. The first kappa shape index (κ1) is 33.4. The van der Waals surface area contributed by atoms with E-state index in [0.717, 1.165) is 77.3 Å². The summed E-state index contributed by atoms with van der Waals surface area (Å²) in [4.78, 5) is 15.9. The highest BCUT2D eigenvalue weighted by atomic mass is 14.8. The molecule has 274 valence electrons. The molecule has 0 amide bonds. The number of pyridine rings is 3. The normalized spacial score (nSPS) is 12.9. The van der Waals surface area contributed by atoms with E-state index in [2.05, 4.69) is 206 Å². The Morgan fingerprint density at radius 1 is 0.305 bits per heavy atom. The van der Waals surface area contributed by atoms with Crippen molar-refractivity contribution in [3.8, 4) is 44.9 Å². The van der Waals surface area contributed by atoms with Crippen molar-refractivity contribution in [2.45, 2.75) is 5.41 Å². The summed E-state index contributed by atoms with van der Waals surface area (Å²) in [7, 11) is 0. The summed E-state index contributed by atoms with van der Waals surface area (Å²) in [6, 6.07) is 76.1. The van der Waals surface area contributed by atoms with Crippen LogP contribution in [-0.2, 0) is 5.41 Å². The fourth-order valence-electron chi connectivity index (χ4n) is 9.73. The second kappa shape index (κ2) is 13.2. The highest BCUT2D eigenvalue weighted by Gasteiger charge is 2.46. The molecule has 1 aliphatic rings. The Morgan fingerprint density at radius 2 is 0.814 bits per heavy atom. The first-order chi connectivity index (χ1) is 29.3. The number of fused-ring (bicyclic) bond motifs is 9. The van der Waals surface area contributed by atoms with Gasteiger partial charge in [-0.2, -0.15) is 0 Å². The lowest BCUT2D eigenvalue weighted by atomic mass is 9.67. The van der Waals surface area contributed by atoms with Crippen LogP contribution < -0.4 is 0 Å². The minimum Gasteiger partial charge on any atom is -0.248 e. The molecule has 3 heterocycles. The van der Waals surface area contributed by atoms with E-state index >= 15 is 0 Å². The molecule has 3 nitrogen and oxygen atoms in total. The van der Waals surface area contributed by atoms with E-state index in [1.54, 1.807) is 0 Å². The van der Waals surface area contributed by atoms with Crippen LogP contribution in [0.25, 0.3) is 88.4 Å². The van der Waals surface area contributed by atoms with Crippen LogP contribution >= 0.6 is 0 Å². The number of hydrogen-bond acceptors (Lipinski definition) is 3. The van der Waals surface area contributed by atoms with E-state index in [9.17, 15) is 0 Å². The average molecular weight is 750 g/mol. The lowest BCUT2D eigenvalue weighted by Crippen LogP contribution is -2.28. The molecule has 0 N–H and O–H groups in total. The van der Waals surface area contributed by atoms with E-state index in [-0.39, 0.29) is 0 Å². The molecule has 59 heavy (non-hydrogen) atoms. The molecule has 0 bridgehead atoms. The van der Waals surface area contributed by atoms with Crippen molar-refractivity contribution in [1.29, 1.82) is 0 Å². The van der Waals surface area contributed by atoms with Gasteiger partial charge in [0.25, 0.3) is 0 Å². The van der Waals surface area contributed by atoms with Gasteiger partial charge in [0.2, 0.25) is 0 Å². The molecule has 0 saturated heterocycles. The Hall–Kier alpha value is -7.75. The molecule has 1 aliphatic carbocycles. The van der Waals surface area contributed by atoms with Gasteiger partial charge in [-0.3, -0.25) is 0 Å². The third-order valence-corrected chi connectivity index (χ3v) is 12.4. The topological polar surface area (TPSA) is 38.7 Å². The zero-order valence-corrected chi connectivity index (χ0v) is 32.0. The molecular weight excluding hydrogens is 715 g/mol. The van der Waals surface area contributed by atoms with Crippen LogP contribution in [0.2, 0.25) is 0 Å². The van der Waals surface area contributed by atoms with Gasteiger partial charge in [0, 0.05) is 32.8 Å². The first-order valence-electron chi connectivity index (χ1n) is 20.2. The summed E-state index contributed by atoms with van der Waals surface area (Å²) in [5, 5.41) is 5.57. The molecule has 11 aromatic rings. The van der Waals surface area contributed by atoms with E-state index in [1.165, 1.54) is 33.4 Å². The van der Waals surface area contributed by atoms with Crippen molar-refractivity contribution in [3.63, 3.8) is 0 Å². The molecule has 3 heteroatoms. The van der Waals surface area contributed by atoms with Crippen molar-refractivity contribution in [2.24, 2.45) is 0 Å². The van der Waals surface area contributed by atoms with Crippen molar-refractivity contribution in [3.05, 3.63) is 235 Å². The second-order valence-electron chi connectivity index (χ2n) is 15.5. The van der Waals surface area contributed by atoms with Gasteiger partial charge < -0.3 is 0 Å². The summed E-state index contributed by atoms with van der Waals surface area (Å²) in [6.07, 6.45) is 0. The molecule has 0 spiro atoms. The van der Waals surface area contributed by atoms with Crippen LogP contribution in [0.1, 0.15) is 22.3 Å². The Kier molecular flexibility index (Phi) is 7.45. The monoisotopic (exact) mass is 749 g/mol. The molecule has 0 saturated carbocycles. The maximum Gasteiger partial charge on any atom is 0.0972 e. The van der Waals surface area contributed by atoms with Crippen LogP contribution in [0, 0.1) is 0 Å². The summed E-state index contributed by atoms with van der Waals surface area (Å²) in [5.74, 6) is 0. The molecule has 0 radical (unpaired) electrons. The van der Waals surface area contributed by atoms with Crippen molar-refractivity contribution < 1.29 is 0 Å². The van der Waals surface area contributed by atoms with Gasteiger partial charge in [0.15, 0.2) is 0 Å². The summed E-state index contributed by atoms with van der Waals surface area (Å²) in [6.45, 7) is 0. The van der Waals surface area contributed by atoms with Crippen LogP contribution in [0.4, 0.5) is 0 Å². The number of aromatic nitrogens is 3. The van der Waals surface area contributed by atoms with Gasteiger partial charge in [0.1, 0.15) is 0 Å². The second-order valence-corrected chi connectivity index (χ2v) is 15.5. The molecule has 0 fully saturated rings. The number of benzene rings is 8. The minimum absolute atomic E-state index is 0.448. The van der Waals surface area contributed by atoms with Gasteiger partial charge in [-0.15, -0.1) is 0 Å². The molecule has 0 atom stereocenters. The van der Waals surface area contributed by atoms with Gasteiger partial charge in [-0.25, -0.2) is 15.0 Å². The third-order valence-electron chi connectivity index (χ3n) is 12.4. The Morgan fingerprint density at radius 3 is 1.47 bits per heavy atom. The standard InChI is InChI=1S/C56H35N3/c1-4-14-36(15-5-1)49-32-26-37-24-25-38-27-33-51(59-55(38)54(37)58-49)44-29-28-43(41-20-10-11-21-42(41)44)50-34-30-46-52(57-50)35-31-48-53(46)45-22-12-13-23-47(45)56(48,39-16-6-2-7-17-39)40-18-8-3-9-19-40/h1-35H. The van der Waals surface area contributed by atoms with Crippen LogP contribution in [0.5, 0.6) is 0 Å². The molecule has 3 aromatic heterocycles. The maximum absolute atomic E-state index is 5.43. The minimum atomic E-state index is -0.448. The fraction of sp³-hybridized carbons (Fsp3) is 0.0179. The zero-order valence-electron chi connectivity index (χ0n) is 32.0. The number of nitrogens with zero attached hydrogens (tertiary/aromatic N) is 3. The van der Waals surface area contributed by atoms with E-state index in [0.29, 0.717) is 0 Å². The SMILES string of the molecule is c1ccc(-c2ccc3ccc4ccc(-c5ccc(-c6ccc7c8c(ccc7n6)C(c6ccccc6)(c6ccccc6)c6ccccc6-8)c6ccccc56)nc4c3n2)cc1. The van der Waals surface area contributed by atoms with E-state index < -0.39 is 5.41 Å². The lowest BCUT2D eigenvalue weighted by molar-refractivity contribution is 0.769. The van der Waals surface area contributed by atoms with Crippen LogP contribution in [0.3, 0.4) is 0 Å². The zero-order chi connectivity index (χ0) is 38.9. The molecule has 12 rings (SSSR count).